The maximum atomic E-state index is 2.55. The van der Waals surface area contributed by atoms with Crippen LogP contribution in [0, 0.1) is 0 Å². The van der Waals surface area contributed by atoms with Gasteiger partial charge >= 0.3 is 0 Å². The Morgan fingerprint density at radius 1 is 0.340 bits per heavy atom. The molecule has 0 heterocycles. The third-order valence-corrected chi connectivity index (χ3v) is 12.4. The second-order valence-corrected chi connectivity index (χ2v) is 15.6. The number of rotatable bonds is 2. The molecule has 0 radical (unpaired) electrons. The Kier molecular flexibility index (Phi) is 5.34. The minimum Gasteiger partial charge on any atom is -0.0619 e. The molecule has 0 amide bonds. The van der Waals surface area contributed by atoms with Gasteiger partial charge in [-0.25, -0.2) is 0 Å². The van der Waals surface area contributed by atoms with Gasteiger partial charge < -0.3 is 0 Å². The van der Waals surface area contributed by atoms with Gasteiger partial charge in [0.25, 0.3) is 0 Å². The van der Waals surface area contributed by atoms with Gasteiger partial charge in [-0.2, -0.15) is 0 Å². The zero-order valence-electron chi connectivity index (χ0n) is 28.9. The lowest BCUT2D eigenvalue weighted by Gasteiger charge is -2.31. The van der Waals surface area contributed by atoms with Gasteiger partial charge in [0, 0.05) is 10.8 Å². The average molecular weight is 637 g/mol. The Morgan fingerprint density at radius 2 is 0.880 bits per heavy atom. The smallest absolute Gasteiger partial charge is 0.0162 e. The van der Waals surface area contributed by atoms with E-state index in [4.69, 9.17) is 0 Å². The molecule has 0 N–H and O–H groups in total. The van der Waals surface area contributed by atoms with Crippen molar-refractivity contribution >= 4 is 43.1 Å². The van der Waals surface area contributed by atoms with Gasteiger partial charge in [-0.1, -0.05) is 161 Å². The fourth-order valence-electron chi connectivity index (χ4n) is 10.1. The average Bonchev–Trinajstić information content (AvgIpc) is 3.52. The number of hydrogen-bond acceptors (Lipinski definition) is 0. The molecule has 236 valence electrons. The van der Waals surface area contributed by atoms with Crippen molar-refractivity contribution in [1.82, 2.24) is 0 Å². The SMILES string of the molecule is CC1(C)c2ccccc2-c2cc(-c3ccc4ccc5c(-c6ccc7ccccc7c6)ccc6ccc3c4c65)c3c(c21)C(C)(C)c1ccccc1-3. The van der Waals surface area contributed by atoms with Crippen molar-refractivity contribution in [2.75, 3.05) is 0 Å². The summed E-state index contributed by atoms with van der Waals surface area (Å²) in [6.07, 6.45) is 0. The van der Waals surface area contributed by atoms with Crippen LogP contribution in [0.4, 0.5) is 0 Å². The van der Waals surface area contributed by atoms with Crippen molar-refractivity contribution in [3.8, 4) is 44.5 Å². The summed E-state index contributed by atoms with van der Waals surface area (Å²) >= 11 is 0. The molecule has 50 heavy (non-hydrogen) atoms. The summed E-state index contributed by atoms with van der Waals surface area (Å²) in [6, 6.07) is 55.2. The molecule has 11 rings (SSSR count). The first-order chi connectivity index (χ1) is 24.3. The predicted octanol–water partition coefficient (Wildman–Crippen LogP) is 13.7. The summed E-state index contributed by atoms with van der Waals surface area (Å²) in [5.74, 6) is 0. The Morgan fingerprint density at radius 3 is 1.62 bits per heavy atom. The molecule has 9 aromatic rings. The van der Waals surface area contributed by atoms with E-state index in [1.807, 2.05) is 0 Å². The van der Waals surface area contributed by atoms with E-state index in [1.165, 1.54) is 110 Å². The van der Waals surface area contributed by atoms with Crippen molar-refractivity contribution in [1.29, 1.82) is 0 Å². The van der Waals surface area contributed by atoms with E-state index in [2.05, 4.69) is 173 Å². The van der Waals surface area contributed by atoms with Crippen LogP contribution < -0.4 is 0 Å². The zero-order chi connectivity index (χ0) is 33.5. The first-order valence-corrected chi connectivity index (χ1v) is 17.9. The normalized spacial score (nSPS) is 15.1. The predicted molar refractivity (Wildman–Crippen MR) is 214 cm³/mol. The standard InChI is InChI=1S/C50H36/c1-49(2)42-15-9-7-13-36(42)41-28-40(46-39-14-8-10-16-43(39)50(3,4)48(46)47(41)49)35-24-20-31-21-25-37-34(23-19-30-22-26-38(35)45(31)44(30)37)33-18-17-29-11-5-6-12-32(29)27-33/h5-28H,1-4H3. The number of fused-ring (bicyclic) bond motifs is 8. The van der Waals surface area contributed by atoms with Crippen LogP contribution in [0.1, 0.15) is 49.9 Å². The van der Waals surface area contributed by atoms with E-state index in [1.54, 1.807) is 0 Å². The summed E-state index contributed by atoms with van der Waals surface area (Å²) in [5, 5.41) is 10.5. The highest BCUT2D eigenvalue weighted by molar-refractivity contribution is 6.28. The largest absolute Gasteiger partial charge is 0.0619 e. The lowest BCUT2D eigenvalue weighted by Crippen LogP contribution is -2.24. The molecule has 0 fully saturated rings. The van der Waals surface area contributed by atoms with Gasteiger partial charge in [-0.3, -0.25) is 0 Å². The van der Waals surface area contributed by atoms with Crippen molar-refractivity contribution in [2.24, 2.45) is 0 Å². The fraction of sp³-hybridized carbons (Fsp3) is 0.120. The van der Waals surface area contributed by atoms with Gasteiger partial charge in [0.1, 0.15) is 0 Å². The second-order valence-electron chi connectivity index (χ2n) is 15.6. The van der Waals surface area contributed by atoms with Crippen LogP contribution in [0.2, 0.25) is 0 Å². The van der Waals surface area contributed by atoms with Crippen LogP contribution in [-0.4, -0.2) is 0 Å². The molecule has 0 bridgehead atoms. The monoisotopic (exact) mass is 636 g/mol. The third-order valence-electron chi connectivity index (χ3n) is 12.4. The van der Waals surface area contributed by atoms with Crippen molar-refractivity contribution < 1.29 is 0 Å². The van der Waals surface area contributed by atoms with Crippen molar-refractivity contribution in [3.63, 3.8) is 0 Å². The molecule has 0 spiro atoms. The van der Waals surface area contributed by atoms with Crippen molar-refractivity contribution in [2.45, 2.75) is 38.5 Å². The molecular formula is C50H36. The molecular weight excluding hydrogens is 601 g/mol. The Hall–Kier alpha value is -5.72. The van der Waals surface area contributed by atoms with E-state index in [9.17, 15) is 0 Å². The summed E-state index contributed by atoms with van der Waals surface area (Å²) in [6.45, 7) is 9.75. The van der Waals surface area contributed by atoms with Crippen LogP contribution in [0.5, 0.6) is 0 Å². The molecule has 0 saturated heterocycles. The molecule has 9 aromatic carbocycles. The first-order valence-electron chi connectivity index (χ1n) is 17.9. The Bertz CT molecular complexity index is 2910. The topological polar surface area (TPSA) is 0 Å². The van der Waals surface area contributed by atoms with E-state index >= 15 is 0 Å². The molecule has 0 nitrogen and oxygen atoms in total. The van der Waals surface area contributed by atoms with E-state index < -0.39 is 0 Å². The minimum atomic E-state index is -0.121. The third kappa shape index (κ3) is 3.46. The summed E-state index contributed by atoms with van der Waals surface area (Å²) in [4.78, 5) is 0. The van der Waals surface area contributed by atoms with Gasteiger partial charge in [0.05, 0.1) is 0 Å². The summed E-state index contributed by atoms with van der Waals surface area (Å²) < 4.78 is 0. The van der Waals surface area contributed by atoms with Gasteiger partial charge in [-0.15, -0.1) is 0 Å². The van der Waals surface area contributed by atoms with Gasteiger partial charge in [-0.05, 0) is 122 Å². The van der Waals surface area contributed by atoms with Crippen LogP contribution in [-0.2, 0) is 10.8 Å². The van der Waals surface area contributed by atoms with Crippen LogP contribution in [0.15, 0.2) is 146 Å². The Balaban J connectivity index is 1.24. The summed E-state index contributed by atoms with van der Waals surface area (Å²) in [7, 11) is 0. The molecule has 0 unspecified atom stereocenters. The van der Waals surface area contributed by atoms with Gasteiger partial charge in [0.15, 0.2) is 0 Å². The zero-order valence-corrected chi connectivity index (χ0v) is 28.9. The van der Waals surface area contributed by atoms with Gasteiger partial charge in [0.2, 0.25) is 0 Å². The van der Waals surface area contributed by atoms with E-state index in [0.717, 1.165) is 0 Å². The lowest BCUT2D eigenvalue weighted by atomic mass is 9.71. The molecule has 0 heteroatoms. The highest BCUT2D eigenvalue weighted by Gasteiger charge is 2.46. The molecule has 0 aliphatic heterocycles. The molecule has 0 saturated carbocycles. The van der Waals surface area contributed by atoms with E-state index in [-0.39, 0.29) is 10.8 Å². The van der Waals surface area contributed by atoms with Crippen LogP contribution >= 0.6 is 0 Å². The molecule has 2 aliphatic carbocycles. The first kappa shape index (κ1) is 28.2. The number of benzene rings is 9. The van der Waals surface area contributed by atoms with Crippen molar-refractivity contribution in [3.05, 3.63) is 168 Å². The highest BCUT2D eigenvalue weighted by atomic mass is 14.5. The maximum absolute atomic E-state index is 2.55. The molecule has 0 aromatic heterocycles. The number of hydrogen-bond donors (Lipinski definition) is 0. The van der Waals surface area contributed by atoms with E-state index in [0.29, 0.717) is 0 Å². The summed E-state index contributed by atoms with van der Waals surface area (Å²) in [5.41, 5.74) is 16.4. The fourth-order valence-corrected chi connectivity index (χ4v) is 10.1. The Labute approximate surface area is 293 Å². The lowest BCUT2D eigenvalue weighted by molar-refractivity contribution is 0.601. The minimum absolute atomic E-state index is 0.0876. The highest BCUT2D eigenvalue weighted by Crippen LogP contribution is 2.61. The van der Waals surface area contributed by atoms with Crippen LogP contribution in [0.3, 0.4) is 0 Å². The quantitative estimate of drug-likeness (QED) is 0.166. The molecule has 0 atom stereocenters. The molecule has 2 aliphatic rings. The maximum Gasteiger partial charge on any atom is 0.0162 e. The van der Waals surface area contributed by atoms with Crippen LogP contribution in [0.25, 0.3) is 87.6 Å². The second kappa shape index (κ2) is 9.49.